The van der Waals surface area contributed by atoms with Crippen LogP contribution in [0, 0.1) is 0 Å². The zero-order valence-electron chi connectivity index (χ0n) is 21.1. The Kier molecular flexibility index (Phi) is 7.66. The van der Waals surface area contributed by atoms with Crippen LogP contribution >= 0.6 is 0 Å². The molecule has 2 aromatic carbocycles. The number of aromatic nitrogens is 4. The molecule has 0 amide bonds. The van der Waals surface area contributed by atoms with Crippen molar-refractivity contribution in [1.82, 2.24) is 24.2 Å². The Bertz CT molecular complexity index is 1640. The van der Waals surface area contributed by atoms with Gasteiger partial charge in [0.25, 0.3) is 0 Å². The summed E-state index contributed by atoms with van der Waals surface area (Å²) in [5.41, 5.74) is 20.7. The molecular formula is C25H29N9O5S. The summed E-state index contributed by atoms with van der Waals surface area (Å²) in [5, 5.41) is 25.4. The molecule has 0 radical (unpaired) electrons. The first-order valence-corrected chi connectivity index (χ1v) is 13.8. The van der Waals surface area contributed by atoms with Crippen LogP contribution in [0.15, 0.2) is 60.3 Å². The van der Waals surface area contributed by atoms with Crippen LogP contribution in [0.1, 0.15) is 17.4 Å². The first kappa shape index (κ1) is 27.4. The van der Waals surface area contributed by atoms with Crippen LogP contribution in [0.3, 0.4) is 0 Å². The van der Waals surface area contributed by atoms with Gasteiger partial charge in [-0.15, -0.1) is 0 Å². The lowest BCUT2D eigenvalue weighted by atomic mass is 10.1. The highest BCUT2D eigenvalue weighted by atomic mass is 32.2. The van der Waals surface area contributed by atoms with Crippen LogP contribution in [0.4, 0.5) is 23.1 Å². The van der Waals surface area contributed by atoms with Gasteiger partial charge in [0.1, 0.15) is 23.8 Å². The number of aliphatic hydroxyl groups excluding tert-OH is 2. The summed E-state index contributed by atoms with van der Waals surface area (Å²) in [6, 6.07) is 14.2. The predicted molar refractivity (Wildman–Crippen MR) is 150 cm³/mol. The topological polar surface area (TPSA) is 230 Å². The summed E-state index contributed by atoms with van der Waals surface area (Å²) in [6.45, 7) is 0.105. The molecule has 14 nitrogen and oxygen atoms in total. The molecule has 4 aromatic rings. The highest BCUT2D eigenvalue weighted by Gasteiger charge is 2.44. The number of benzene rings is 2. The fraction of sp³-hybridized carbons (Fsp3) is 0.240. The Morgan fingerprint density at radius 3 is 2.52 bits per heavy atom. The monoisotopic (exact) mass is 567 g/mol. The van der Waals surface area contributed by atoms with Gasteiger partial charge >= 0.3 is 0 Å². The largest absolute Gasteiger partial charge is 0.398 e. The van der Waals surface area contributed by atoms with Gasteiger partial charge in [0.05, 0.1) is 6.33 Å². The molecule has 1 aliphatic heterocycles. The van der Waals surface area contributed by atoms with Gasteiger partial charge < -0.3 is 37.5 Å². The lowest BCUT2D eigenvalue weighted by molar-refractivity contribution is -0.0329. The Balaban J connectivity index is 1.31. The average molecular weight is 568 g/mol. The molecule has 1 aliphatic rings. The van der Waals surface area contributed by atoms with Gasteiger partial charge in [0, 0.05) is 29.9 Å². The van der Waals surface area contributed by atoms with Gasteiger partial charge in [-0.05, 0) is 35.4 Å². The lowest BCUT2D eigenvalue weighted by Gasteiger charge is -2.17. The maximum Gasteiger partial charge on any atom is 0.233 e. The van der Waals surface area contributed by atoms with Crippen molar-refractivity contribution in [2.45, 2.75) is 31.1 Å². The minimum absolute atomic E-state index is 0.0908. The summed E-state index contributed by atoms with van der Waals surface area (Å²) in [7, 11) is -3.91. The number of nitrogens with zero attached hydrogens (tertiary/aromatic N) is 4. The molecular weight excluding hydrogens is 538 g/mol. The normalized spacial score (nSPS) is 21.4. The van der Waals surface area contributed by atoms with Crippen molar-refractivity contribution < 1.29 is 23.4 Å². The van der Waals surface area contributed by atoms with Crippen molar-refractivity contribution in [1.29, 1.82) is 0 Å². The van der Waals surface area contributed by atoms with E-state index in [1.54, 1.807) is 24.3 Å². The number of para-hydroxylation sites is 1. The SMILES string of the molecule is NCc1ccc(Nc2nc(N)c3ncn([C@@H]4O[C@H](CNS(=O)(=O)/C=C/c5ccccc5N)[C@@H](O)[C@H]4O)c3n2)cc1. The quantitative estimate of drug-likeness (QED) is 0.136. The van der Waals surface area contributed by atoms with E-state index >= 15 is 0 Å². The van der Waals surface area contributed by atoms with Crippen LogP contribution in [0.25, 0.3) is 17.2 Å². The number of rotatable bonds is 9. The fourth-order valence-corrected chi connectivity index (χ4v) is 5.05. The van der Waals surface area contributed by atoms with Gasteiger partial charge in [-0.3, -0.25) is 4.57 Å². The van der Waals surface area contributed by atoms with Crippen molar-refractivity contribution in [3.05, 3.63) is 71.4 Å². The number of anilines is 4. The zero-order valence-corrected chi connectivity index (χ0v) is 21.9. The van der Waals surface area contributed by atoms with Crippen molar-refractivity contribution in [2.24, 2.45) is 5.73 Å². The third kappa shape index (κ3) is 5.74. The first-order valence-electron chi connectivity index (χ1n) is 12.2. The van der Waals surface area contributed by atoms with Gasteiger partial charge in [-0.2, -0.15) is 9.97 Å². The van der Waals surface area contributed by atoms with Crippen LogP contribution in [-0.4, -0.2) is 63.0 Å². The number of nitrogen functional groups attached to an aromatic ring is 2. The van der Waals surface area contributed by atoms with Crippen LogP contribution < -0.4 is 27.2 Å². The van der Waals surface area contributed by atoms with Crippen LogP contribution in [0.2, 0.25) is 0 Å². The molecule has 10 N–H and O–H groups in total. The first-order chi connectivity index (χ1) is 19.1. The number of hydrogen-bond acceptors (Lipinski definition) is 12. The number of hydrogen-bond donors (Lipinski definition) is 7. The molecule has 1 fully saturated rings. The second-order valence-electron chi connectivity index (χ2n) is 9.15. The highest BCUT2D eigenvalue weighted by Crippen LogP contribution is 2.32. The van der Waals surface area contributed by atoms with Gasteiger partial charge in [0.15, 0.2) is 17.7 Å². The van der Waals surface area contributed by atoms with Crippen molar-refractivity contribution in [3.63, 3.8) is 0 Å². The molecule has 210 valence electrons. The standard InChI is InChI=1S/C25H29N9O5S/c26-11-14-5-7-16(8-6-14)31-25-32-22(28)19-23(33-25)34(13-29-19)24-21(36)20(35)18(39-24)12-30-40(37,38)10-9-15-3-1-2-4-17(15)27/h1-10,13,18,20-21,24,30,35-36H,11-12,26-27H2,(H3,28,31,32,33)/b10-9+/t18-,20-,21-,24-/m1/s1. The number of nitrogens with one attached hydrogen (secondary N) is 2. The lowest BCUT2D eigenvalue weighted by Crippen LogP contribution is -2.39. The molecule has 15 heteroatoms. The zero-order chi connectivity index (χ0) is 28.4. The summed E-state index contributed by atoms with van der Waals surface area (Å²) in [4.78, 5) is 13.0. The summed E-state index contributed by atoms with van der Waals surface area (Å²) in [6.07, 6.45) is -2.29. The van der Waals surface area contributed by atoms with E-state index in [-0.39, 0.29) is 29.5 Å². The minimum atomic E-state index is -3.91. The van der Waals surface area contributed by atoms with E-state index in [0.717, 1.165) is 11.0 Å². The van der Waals surface area contributed by atoms with Gasteiger partial charge in [-0.25, -0.2) is 18.1 Å². The minimum Gasteiger partial charge on any atom is -0.398 e. The molecule has 0 spiro atoms. The van der Waals surface area contributed by atoms with Gasteiger partial charge in [-0.1, -0.05) is 30.3 Å². The number of ether oxygens (including phenoxy) is 1. The molecule has 5 rings (SSSR count). The van der Waals surface area contributed by atoms with E-state index in [0.29, 0.717) is 23.5 Å². The Morgan fingerprint density at radius 2 is 1.80 bits per heavy atom. The second-order valence-corrected chi connectivity index (χ2v) is 10.8. The smallest absolute Gasteiger partial charge is 0.233 e. The second kappa shape index (κ2) is 11.2. The number of aliphatic hydroxyl groups is 2. The molecule has 0 saturated carbocycles. The van der Waals surface area contributed by atoms with E-state index < -0.39 is 34.6 Å². The van der Waals surface area contributed by atoms with E-state index in [1.165, 1.54) is 17.0 Å². The molecule has 1 saturated heterocycles. The molecule has 3 heterocycles. The van der Waals surface area contributed by atoms with Crippen LogP contribution in [0.5, 0.6) is 0 Å². The van der Waals surface area contributed by atoms with Gasteiger partial charge in [0.2, 0.25) is 16.0 Å². The van der Waals surface area contributed by atoms with Crippen molar-refractivity contribution >= 4 is 50.4 Å². The third-order valence-corrected chi connectivity index (χ3v) is 7.48. The predicted octanol–water partition coefficient (Wildman–Crippen LogP) is 0.403. The Labute approximate surface area is 229 Å². The average Bonchev–Trinajstić information content (AvgIpc) is 3.48. The Hall–Kier alpha value is -4.12. The Morgan fingerprint density at radius 1 is 1.05 bits per heavy atom. The number of fused-ring (bicyclic) bond motifs is 1. The molecule has 2 aromatic heterocycles. The number of nitrogens with two attached hydrogens (primary N) is 3. The van der Waals surface area contributed by atoms with Crippen LogP contribution in [-0.2, 0) is 21.3 Å². The maximum atomic E-state index is 12.5. The van der Waals surface area contributed by atoms with Crippen molar-refractivity contribution in [3.8, 4) is 0 Å². The molecule has 0 unspecified atom stereocenters. The summed E-state index contributed by atoms with van der Waals surface area (Å²) in [5.74, 6) is 0.267. The third-order valence-electron chi connectivity index (χ3n) is 6.41. The number of imidazole rings is 1. The molecule has 40 heavy (non-hydrogen) atoms. The molecule has 0 aliphatic carbocycles. The highest BCUT2D eigenvalue weighted by molar-refractivity contribution is 7.92. The summed E-state index contributed by atoms with van der Waals surface area (Å²) < 4.78 is 34.6. The fourth-order valence-electron chi connectivity index (χ4n) is 4.23. The van der Waals surface area contributed by atoms with Crippen molar-refractivity contribution in [2.75, 3.05) is 23.3 Å². The summed E-state index contributed by atoms with van der Waals surface area (Å²) >= 11 is 0. The van der Waals surface area contributed by atoms with E-state index in [2.05, 4.69) is 25.0 Å². The number of sulfonamides is 1. The molecule has 0 bridgehead atoms. The van der Waals surface area contributed by atoms with E-state index in [9.17, 15) is 18.6 Å². The van der Waals surface area contributed by atoms with E-state index in [4.69, 9.17) is 21.9 Å². The van der Waals surface area contributed by atoms with E-state index in [1.807, 2.05) is 24.3 Å². The maximum absolute atomic E-state index is 12.5. The molecule has 4 atom stereocenters.